The first-order valence-electron chi connectivity index (χ1n) is 9.15. The molecule has 25 heavy (non-hydrogen) atoms. The molecule has 0 aromatic carbocycles. The second kappa shape index (κ2) is 7.37. The smallest absolute Gasteiger partial charge is 0.273 e. The number of likely N-dealkylation sites (tertiary alicyclic amines) is 2. The Morgan fingerprint density at radius 2 is 2.16 bits per heavy atom. The van der Waals surface area contributed by atoms with Gasteiger partial charge in [-0.25, -0.2) is 4.98 Å². The highest BCUT2D eigenvalue weighted by molar-refractivity contribution is 5.92. The molecule has 7 heteroatoms. The zero-order chi connectivity index (χ0) is 17.9. The Labute approximate surface area is 147 Å². The second-order valence-electron chi connectivity index (χ2n) is 7.30. The third kappa shape index (κ3) is 3.91. The number of rotatable bonds is 4. The fourth-order valence-electron chi connectivity index (χ4n) is 3.99. The van der Waals surface area contributed by atoms with Crippen LogP contribution in [0.25, 0.3) is 0 Å². The van der Waals surface area contributed by atoms with E-state index in [2.05, 4.69) is 16.9 Å². The van der Waals surface area contributed by atoms with Gasteiger partial charge >= 0.3 is 0 Å². The van der Waals surface area contributed by atoms with Gasteiger partial charge in [-0.05, 0) is 25.7 Å². The van der Waals surface area contributed by atoms with Crippen LogP contribution in [0.1, 0.15) is 55.9 Å². The summed E-state index contributed by atoms with van der Waals surface area (Å²) in [6, 6.07) is 0. The van der Waals surface area contributed by atoms with E-state index in [1.165, 1.54) is 6.20 Å². The van der Waals surface area contributed by atoms with Gasteiger partial charge in [-0.3, -0.25) is 14.4 Å². The summed E-state index contributed by atoms with van der Waals surface area (Å²) in [4.78, 5) is 46.3. The number of hydrogen-bond acceptors (Lipinski definition) is 4. The normalized spacial score (nSPS) is 24.0. The molecule has 0 saturated carbocycles. The molecule has 2 fully saturated rings. The molecule has 1 spiro atoms. The third-order valence-electron chi connectivity index (χ3n) is 5.37. The molecule has 136 valence electrons. The molecule has 1 aromatic rings. The lowest BCUT2D eigenvalue weighted by Crippen LogP contribution is -2.55. The van der Waals surface area contributed by atoms with Crippen LogP contribution in [0.4, 0.5) is 0 Å². The van der Waals surface area contributed by atoms with Gasteiger partial charge in [-0.2, -0.15) is 0 Å². The molecule has 1 unspecified atom stereocenters. The summed E-state index contributed by atoms with van der Waals surface area (Å²) in [6.07, 6.45) is 8.00. The van der Waals surface area contributed by atoms with Gasteiger partial charge in [0.1, 0.15) is 5.69 Å². The van der Waals surface area contributed by atoms with Crippen LogP contribution in [0.2, 0.25) is 0 Å². The number of aromatic amines is 1. The van der Waals surface area contributed by atoms with E-state index in [-0.39, 0.29) is 28.5 Å². The Kier molecular flexibility index (Phi) is 5.20. The molecule has 0 bridgehead atoms. The average molecular weight is 346 g/mol. The predicted octanol–water partition coefficient (Wildman–Crippen LogP) is 1.41. The van der Waals surface area contributed by atoms with E-state index in [0.29, 0.717) is 19.5 Å². The Bertz CT molecular complexity index is 681. The van der Waals surface area contributed by atoms with E-state index in [1.807, 2.05) is 9.80 Å². The molecule has 1 aromatic heterocycles. The van der Waals surface area contributed by atoms with Crippen LogP contribution >= 0.6 is 0 Å². The standard InChI is InChI=1S/C18H26N4O3/c1-2-3-8-21-12-18(7-5-16(21)24)6-4-9-22(13-18)17(25)14-10-20-15(23)11-19-14/h10-11H,2-9,12-13H2,1H3,(H,20,23). The minimum absolute atomic E-state index is 0.00223. The van der Waals surface area contributed by atoms with Gasteiger partial charge in [0.25, 0.3) is 11.5 Å². The molecule has 2 amide bonds. The number of H-pyrrole nitrogens is 1. The molecule has 2 saturated heterocycles. The molecule has 0 radical (unpaired) electrons. The molecular weight excluding hydrogens is 320 g/mol. The lowest BCUT2D eigenvalue weighted by Gasteiger charge is -2.48. The van der Waals surface area contributed by atoms with Crippen molar-refractivity contribution in [2.24, 2.45) is 5.41 Å². The molecule has 2 aliphatic rings. The highest BCUT2D eigenvalue weighted by Gasteiger charge is 2.42. The van der Waals surface area contributed by atoms with Gasteiger partial charge in [0.05, 0.1) is 6.20 Å². The Morgan fingerprint density at radius 3 is 2.88 bits per heavy atom. The molecule has 1 atom stereocenters. The SMILES string of the molecule is CCCCN1CC2(CCCN(C(=O)c3c[nH]c(=O)cn3)C2)CCC1=O. The number of unbranched alkanes of at least 4 members (excludes halogenated alkanes) is 1. The molecular formula is C18H26N4O3. The second-order valence-corrected chi connectivity index (χ2v) is 7.30. The number of hydrogen-bond donors (Lipinski definition) is 1. The van der Waals surface area contributed by atoms with Gasteiger partial charge in [0, 0.05) is 44.2 Å². The first-order valence-corrected chi connectivity index (χ1v) is 9.15. The highest BCUT2D eigenvalue weighted by atomic mass is 16.2. The number of piperidine rings is 2. The highest BCUT2D eigenvalue weighted by Crippen LogP contribution is 2.39. The van der Waals surface area contributed by atoms with Crippen LogP contribution in [0, 0.1) is 5.41 Å². The van der Waals surface area contributed by atoms with Crippen molar-refractivity contribution >= 4 is 11.8 Å². The van der Waals surface area contributed by atoms with Crippen molar-refractivity contribution in [1.29, 1.82) is 0 Å². The summed E-state index contributed by atoms with van der Waals surface area (Å²) in [5.74, 6) is 0.0946. The molecule has 3 rings (SSSR count). The summed E-state index contributed by atoms with van der Waals surface area (Å²) >= 11 is 0. The predicted molar refractivity (Wildman–Crippen MR) is 93.2 cm³/mol. The van der Waals surface area contributed by atoms with E-state index >= 15 is 0 Å². The molecule has 0 aliphatic carbocycles. The maximum absolute atomic E-state index is 12.7. The van der Waals surface area contributed by atoms with E-state index in [9.17, 15) is 14.4 Å². The van der Waals surface area contributed by atoms with Gasteiger partial charge < -0.3 is 14.8 Å². The monoisotopic (exact) mass is 346 g/mol. The fourth-order valence-corrected chi connectivity index (χ4v) is 3.99. The van der Waals surface area contributed by atoms with E-state index in [0.717, 1.165) is 51.4 Å². The quantitative estimate of drug-likeness (QED) is 0.893. The first kappa shape index (κ1) is 17.6. The summed E-state index contributed by atoms with van der Waals surface area (Å²) < 4.78 is 0. The van der Waals surface area contributed by atoms with Crippen molar-refractivity contribution < 1.29 is 9.59 Å². The molecule has 3 heterocycles. The number of aromatic nitrogens is 2. The average Bonchev–Trinajstić information content (AvgIpc) is 2.63. The van der Waals surface area contributed by atoms with E-state index in [4.69, 9.17) is 0 Å². The van der Waals surface area contributed by atoms with Crippen LogP contribution in [-0.2, 0) is 4.79 Å². The van der Waals surface area contributed by atoms with Crippen molar-refractivity contribution in [1.82, 2.24) is 19.8 Å². The Morgan fingerprint density at radius 1 is 1.32 bits per heavy atom. The van der Waals surface area contributed by atoms with Gasteiger partial charge in [-0.1, -0.05) is 13.3 Å². The third-order valence-corrected chi connectivity index (χ3v) is 5.37. The summed E-state index contributed by atoms with van der Waals surface area (Å²) in [5.41, 5.74) is -0.0482. The maximum atomic E-state index is 12.7. The topological polar surface area (TPSA) is 86.4 Å². The summed E-state index contributed by atoms with van der Waals surface area (Å²) in [7, 11) is 0. The fraction of sp³-hybridized carbons (Fsp3) is 0.667. The Balaban J connectivity index is 1.71. The van der Waals surface area contributed by atoms with Crippen molar-refractivity contribution in [3.63, 3.8) is 0 Å². The number of nitrogens with zero attached hydrogens (tertiary/aromatic N) is 3. The maximum Gasteiger partial charge on any atom is 0.273 e. The Hall–Kier alpha value is -2.18. The van der Waals surface area contributed by atoms with Crippen LogP contribution in [0.5, 0.6) is 0 Å². The van der Waals surface area contributed by atoms with Crippen LogP contribution < -0.4 is 5.56 Å². The van der Waals surface area contributed by atoms with Crippen molar-refractivity contribution in [2.75, 3.05) is 26.2 Å². The zero-order valence-electron chi connectivity index (χ0n) is 14.8. The van der Waals surface area contributed by atoms with E-state index < -0.39 is 0 Å². The number of amides is 2. The number of nitrogens with one attached hydrogen (secondary N) is 1. The molecule has 2 aliphatic heterocycles. The van der Waals surface area contributed by atoms with Gasteiger partial charge in [0.2, 0.25) is 5.91 Å². The zero-order valence-corrected chi connectivity index (χ0v) is 14.8. The lowest BCUT2D eigenvalue weighted by atomic mass is 9.73. The van der Waals surface area contributed by atoms with Crippen LogP contribution in [0.15, 0.2) is 17.2 Å². The van der Waals surface area contributed by atoms with Crippen LogP contribution in [0.3, 0.4) is 0 Å². The van der Waals surface area contributed by atoms with Crippen LogP contribution in [-0.4, -0.2) is 57.8 Å². The van der Waals surface area contributed by atoms with E-state index in [1.54, 1.807) is 0 Å². The van der Waals surface area contributed by atoms with Gasteiger partial charge in [-0.15, -0.1) is 0 Å². The van der Waals surface area contributed by atoms with Crippen molar-refractivity contribution in [3.8, 4) is 0 Å². The summed E-state index contributed by atoms with van der Waals surface area (Å²) in [6.45, 7) is 5.04. The minimum Gasteiger partial charge on any atom is -0.342 e. The number of carbonyl (C=O) groups is 2. The van der Waals surface area contributed by atoms with Gasteiger partial charge in [0.15, 0.2) is 0 Å². The first-order chi connectivity index (χ1) is 12.0. The summed E-state index contributed by atoms with van der Waals surface area (Å²) in [5, 5.41) is 0. The largest absolute Gasteiger partial charge is 0.342 e. The van der Waals surface area contributed by atoms with Crippen molar-refractivity contribution in [2.45, 2.75) is 45.4 Å². The minimum atomic E-state index is -0.316. The molecule has 1 N–H and O–H groups in total. The number of carbonyl (C=O) groups excluding carboxylic acids is 2. The van der Waals surface area contributed by atoms with Crippen molar-refractivity contribution in [3.05, 3.63) is 28.4 Å². The molecule has 7 nitrogen and oxygen atoms in total. The lowest BCUT2D eigenvalue weighted by molar-refractivity contribution is -0.139.